The number of hydrogen-bond donors (Lipinski definition) is 1. The number of aromatic nitrogens is 2. The van der Waals surface area contributed by atoms with Crippen molar-refractivity contribution in [3.8, 4) is 11.5 Å². The number of nitrogens with one attached hydrogen (secondary N) is 1. The zero-order chi connectivity index (χ0) is 21.3. The van der Waals surface area contributed by atoms with Gasteiger partial charge in [-0.3, -0.25) is 14.5 Å². The van der Waals surface area contributed by atoms with E-state index in [0.29, 0.717) is 24.8 Å². The molecule has 0 radical (unpaired) electrons. The molecule has 2 heterocycles. The average Bonchev–Trinajstić information content (AvgIpc) is 3.17. The maximum atomic E-state index is 12.4. The van der Waals surface area contributed by atoms with Crippen molar-refractivity contribution in [3.05, 3.63) is 29.3 Å². The minimum absolute atomic E-state index is 0.00544. The molecule has 30 heavy (non-hydrogen) atoms. The van der Waals surface area contributed by atoms with Crippen LogP contribution in [0.3, 0.4) is 0 Å². The molecule has 1 N–H and O–H groups in total. The lowest BCUT2D eigenvalue weighted by Crippen LogP contribution is -2.49. The first-order valence-electron chi connectivity index (χ1n) is 9.90. The highest BCUT2D eigenvalue weighted by Gasteiger charge is 2.21. The highest BCUT2D eigenvalue weighted by Crippen LogP contribution is 2.19. The Bertz CT molecular complexity index is 851. The van der Waals surface area contributed by atoms with Gasteiger partial charge in [-0.2, -0.15) is 0 Å². The van der Waals surface area contributed by atoms with Crippen LogP contribution in [0.5, 0.6) is 11.5 Å². The second-order valence-electron chi connectivity index (χ2n) is 6.92. The van der Waals surface area contributed by atoms with E-state index < -0.39 is 0 Å². The SMILES string of the molecule is COc1cccc(OCCN2CCN(C(=O)CCC(=O)Nc3nnc(C)s3)CC2)c1. The number of methoxy groups -OCH3 is 1. The maximum absolute atomic E-state index is 12.4. The minimum atomic E-state index is -0.215. The van der Waals surface area contributed by atoms with Crippen LogP contribution in [0.1, 0.15) is 17.8 Å². The standard InChI is InChI=1S/C20H27N5O4S/c1-15-22-23-20(30-15)21-18(26)6-7-19(27)25-10-8-24(9-11-25)12-13-29-17-5-3-4-16(14-17)28-2/h3-5,14H,6-13H2,1-2H3,(H,21,23,26). The highest BCUT2D eigenvalue weighted by atomic mass is 32.1. The Labute approximate surface area is 180 Å². The van der Waals surface area contributed by atoms with Crippen LogP contribution in [0.2, 0.25) is 0 Å². The number of anilines is 1. The Morgan fingerprint density at radius 1 is 1.13 bits per heavy atom. The van der Waals surface area contributed by atoms with E-state index in [9.17, 15) is 9.59 Å². The molecule has 0 bridgehead atoms. The van der Waals surface area contributed by atoms with Crippen LogP contribution in [0.25, 0.3) is 0 Å². The second kappa shape index (κ2) is 10.9. The Morgan fingerprint density at radius 3 is 2.60 bits per heavy atom. The molecule has 0 spiro atoms. The smallest absolute Gasteiger partial charge is 0.226 e. The van der Waals surface area contributed by atoms with E-state index in [1.807, 2.05) is 36.1 Å². The molecule has 1 fully saturated rings. The quantitative estimate of drug-likeness (QED) is 0.644. The first-order chi connectivity index (χ1) is 14.5. The van der Waals surface area contributed by atoms with Crippen molar-refractivity contribution in [3.63, 3.8) is 0 Å². The Morgan fingerprint density at radius 2 is 1.90 bits per heavy atom. The molecule has 0 saturated carbocycles. The van der Waals surface area contributed by atoms with E-state index in [-0.39, 0.29) is 24.7 Å². The van der Waals surface area contributed by atoms with Crippen molar-refractivity contribution in [2.45, 2.75) is 19.8 Å². The second-order valence-corrected chi connectivity index (χ2v) is 8.11. The number of piperazine rings is 1. The topological polar surface area (TPSA) is 96.9 Å². The summed E-state index contributed by atoms with van der Waals surface area (Å²) < 4.78 is 11.0. The molecule has 1 aliphatic heterocycles. The number of rotatable bonds is 9. The van der Waals surface area contributed by atoms with Gasteiger partial charge in [0.2, 0.25) is 16.9 Å². The van der Waals surface area contributed by atoms with Crippen molar-refractivity contribution >= 4 is 28.3 Å². The summed E-state index contributed by atoms with van der Waals surface area (Å²) in [6.07, 6.45) is 0.342. The number of nitrogens with zero attached hydrogens (tertiary/aromatic N) is 4. The zero-order valence-electron chi connectivity index (χ0n) is 17.3. The summed E-state index contributed by atoms with van der Waals surface area (Å²) in [6, 6.07) is 7.54. The number of ether oxygens (including phenoxy) is 2. The molecule has 1 saturated heterocycles. The van der Waals surface area contributed by atoms with Gasteiger partial charge in [0.25, 0.3) is 0 Å². The molecule has 1 aliphatic rings. The number of hydrogen-bond acceptors (Lipinski definition) is 8. The fourth-order valence-corrected chi connectivity index (χ4v) is 3.72. The van der Waals surface area contributed by atoms with Crippen LogP contribution in [0.15, 0.2) is 24.3 Å². The Hall–Kier alpha value is -2.72. The summed E-state index contributed by atoms with van der Waals surface area (Å²) in [6.45, 7) is 6.11. The average molecular weight is 434 g/mol. The largest absolute Gasteiger partial charge is 0.497 e. The van der Waals surface area contributed by atoms with Gasteiger partial charge in [0.05, 0.1) is 7.11 Å². The molecule has 3 rings (SSSR count). The zero-order valence-corrected chi connectivity index (χ0v) is 18.1. The van der Waals surface area contributed by atoms with Crippen molar-refractivity contribution in [1.29, 1.82) is 0 Å². The summed E-state index contributed by atoms with van der Waals surface area (Å²) in [5, 5.41) is 11.6. The molecule has 162 valence electrons. The van der Waals surface area contributed by atoms with Gasteiger partial charge in [0, 0.05) is 51.6 Å². The summed E-state index contributed by atoms with van der Waals surface area (Å²) in [7, 11) is 1.63. The molecule has 0 atom stereocenters. The fraction of sp³-hybridized carbons (Fsp3) is 0.500. The molecule has 1 aromatic carbocycles. The lowest BCUT2D eigenvalue weighted by Gasteiger charge is -2.34. The third kappa shape index (κ3) is 6.67. The summed E-state index contributed by atoms with van der Waals surface area (Å²) in [5.74, 6) is 1.34. The van der Waals surface area contributed by atoms with Gasteiger partial charge in [-0.1, -0.05) is 17.4 Å². The number of benzene rings is 1. The third-order valence-electron chi connectivity index (χ3n) is 4.78. The summed E-state index contributed by atoms with van der Waals surface area (Å²) in [5.41, 5.74) is 0. The van der Waals surface area contributed by atoms with E-state index >= 15 is 0 Å². The van der Waals surface area contributed by atoms with Gasteiger partial charge in [0.15, 0.2) is 0 Å². The predicted octanol–water partition coefficient (Wildman–Crippen LogP) is 1.80. The number of carbonyl (C=O) groups is 2. The van der Waals surface area contributed by atoms with Crippen LogP contribution in [0, 0.1) is 6.92 Å². The van der Waals surface area contributed by atoms with Gasteiger partial charge >= 0.3 is 0 Å². The molecular formula is C20H27N5O4S. The Kier molecular flexibility index (Phi) is 7.97. The molecule has 0 unspecified atom stereocenters. The lowest BCUT2D eigenvalue weighted by atomic mass is 10.2. The lowest BCUT2D eigenvalue weighted by molar-refractivity contribution is -0.134. The van der Waals surface area contributed by atoms with E-state index in [1.54, 1.807) is 7.11 Å². The fourth-order valence-electron chi connectivity index (χ4n) is 3.11. The minimum Gasteiger partial charge on any atom is -0.497 e. The van der Waals surface area contributed by atoms with Crippen LogP contribution >= 0.6 is 11.3 Å². The van der Waals surface area contributed by atoms with Gasteiger partial charge in [0.1, 0.15) is 23.1 Å². The molecule has 0 aliphatic carbocycles. The third-order valence-corrected chi connectivity index (χ3v) is 5.53. The van der Waals surface area contributed by atoms with Gasteiger partial charge in [-0.15, -0.1) is 10.2 Å². The number of amides is 2. The van der Waals surface area contributed by atoms with Crippen molar-refractivity contribution in [2.75, 3.05) is 51.8 Å². The van der Waals surface area contributed by atoms with Gasteiger partial charge in [-0.05, 0) is 19.1 Å². The summed E-state index contributed by atoms with van der Waals surface area (Å²) in [4.78, 5) is 28.4. The first kappa shape index (κ1) is 22.0. The monoisotopic (exact) mass is 433 g/mol. The Balaban J connectivity index is 1.31. The van der Waals surface area contributed by atoms with E-state index in [0.717, 1.165) is 36.1 Å². The van der Waals surface area contributed by atoms with Crippen LogP contribution in [-0.4, -0.2) is 78.3 Å². The van der Waals surface area contributed by atoms with Crippen molar-refractivity contribution < 1.29 is 19.1 Å². The highest BCUT2D eigenvalue weighted by molar-refractivity contribution is 7.15. The molecule has 9 nitrogen and oxygen atoms in total. The van der Waals surface area contributed by atoms with Crippen molar-refractivity contribution in [2.24, 2.45) is 0 Å². The van der Waals surface area contributed by atoms with Gasteiger partial charge < -0.3 is 19.7 Å². The van der Waals surface area contributed by atoms with E-state index in [2.05, 4.69) is 20.4 Å². The van der Waals surface area contributed by atoms with E-state index in [4.69, 9.17) is 9.47 Å². The normalized spacial score (nSPS) is 14.4. The van der Waals surface area contributed by atoms with Gasteiger partial charge in [-0.25, -0.2) is 0 Å². The number of aryl methyl sites for hydroxylation is 1. The molecular weight excluding hydrogens is 406 g/mol. The van der Waals surface area contributed by atoms with Crippen LogP contribution < -0.4 is 14.8 Å². The summed E-state index contributed by atoms with van der Waals surface area (Å²) >= 11 is 1.31. The maximum Gasteiger partial charge on any atom is 0.226 e. The molecule has 10 heteroatoms. The molecule has 1 aromatic heterocycles. The van der Waals surface area contributed by atoms with Crippen LogP contribution in [0.4, 0.5) is 5.13 Å². The molecule has 2 amide bonds. The van der Waals surface area contributed by atoms with E-state index in [1.165, 1.54) is 11.3 Å². The predicted molar refractivity (Wildman–Crippen MR) is 114 cm³/mol. The number of carbonyl (C=O) groups excluding carboxylic acids is 2. The molecule has 2 aromatic rings. The van der Waals surface area contributed by atoms with Crippen molar-refractivity contribution in [1.82, 2.24) is 20.0 Å². The first-order valence-corrected chi connectivity index (χ1v) is 10.7. The van der Waals surface area contributed by atoms with Crippen LogP contribution in [-0.2, 0) is 9.59 Å².